The number of rotatable bonds is 9. The largest absolute Gasteiger partial charge is 0.380 e. The summed E-state index contributed by atoms with van der Waals surface area (Å²) in [5.41, 5.74) is 0. The lowest BCUT2D eigenvalue weighted by atomic mass is 10.4. The summed E-state index contributed by atoms with van der Waals surface area (Å²) in [6.07, 6.45) is 0.0446. The molecule has 0 aromatic rings. The number of sulfonamides is 1. The third-order valence-electron chi connectivity index (χ3n) is 3.67. The van der Waals surface area contributed by atoms with Gasteiger partial charge in [0.25, 0.3) is 0 Å². The topological polar surface area (TPSA) is 83.5 Å². The van der Waals surface area contributed by atoms with E-state index >= 15 is 0 Å². The molecule has 0 spiro atoms. The molecule has 0 atom stereocenters. The molecule has 1 N–H and O–H groups in total. The van der Waals surface area contributed by atoms with Crippen molar-refractivity contribution < 1.29 is 17.9 Å². The minimum Gasteiger partial charge on any atom is -0.380 e. The predicted molar refractivity (Wildman–Crippen MR) is 111 cm³/mol. The Morgan fingerprint density at radius 3 is 2.36 bits per heavy atom. The minimum atomic E-state index is -3.26. The summed E-state index contributed by atoms with van der Waals surface area (Å²) in [5, 5.41) is 3.24. The van der Waals surface area contributed by atoms with E-state index in [-0.39, 0.29) is 42.4 Å². The second-order valence-electron chi connectivity index (χ2n) is 5.79. The van der Waals surface area contributed by atoms with Crippen molar-refractivity contribution in [2.45, 2.75) is 26.9 Å². The average Bonchev–Trinajstić information content (AvgIpc) is 2.55. The van der Waals surface area contributed by atoms with Crippen LogP contribution in [0.3, 0.4) is 0 Å². The molecule has 1 aliphatic rings. The standard InChI is InChI=1S/C15H32N4O4S.HI/c1-5-22-11-6-17-15(16-4)18-7-9-19(10-8-18)24(20,21)13-12-23-14(2)3;/h14H,5-13H2,1-4H3,(H,16,17);1H. The second kappa shape index (κ2) is 13.1. The molecule has 0 bridgehead atoms. The summed E-state index contributed by atoms with van der Waals surface area (Å²) in [6, 6.07) is 0. The molecule has 1 aliphatic heterocycles. The molecule has 0 aliphatic carbocycles. The van der Waals surface area contributed by atoms with Crippen molar-refractivity contribution in [3.8, 4) is 0 Å². The highest BCUT2D eigenvalue weighted by Crippen LogP contribution is 2.09. The Morgan fingerprint density at radius 2 is 1.84 bits per heavy atom. The smallest absolute Gasteiger partial charge is 0.216 e. The molecule has 150 valence electrons. The molecule has 10 heteroatoms. The SMILES string of the molecule is CCOCCNC(=NC)N1CCN(S(=O)(=O)CCOC(C)C)CC1.I. The van der Waals surface area contributed by atoms with Gasteiger partial charge in [0.2, 0.25) is 10.0 Å². The zero-order valence-electron chi connectivity index (χ0n) is 15.7. The van der Waals surface area contributed by atoms with Crippen molar-refractivity contribution >= 4 is 40.0 Å². The van der Waals surface area contributed by atoms with Gasteiger partial charge in [-0.2, -0.15) is 4.31 Å². The molecule has 0 radical (unpaired) electrons. The number of halogens is 1. The molecular formula is C15H33IN4O4S. The van der Waals surface area contributed by atoms with Gasteiger partial charge >= 0.3 is 0 Å². The van der Waals surface area contributed by atoms with E-state index in [1.807, 2.05) is 20.8 Å². The maximum absolute atomic E-state index is 12.3. The molecule has 0 saturated carbocycles. The molecule has 0 aromatic carbocycles. The first-order chi connectivity index (χ1) is 11.4. The highest BCUT2D eigenvalue weighted by Gasteiger charge is 2.27. The van der Waals surface area contributed by atoms with Gasteiger partial charge in [-0.25, -0.2) is 8.42 Å². The normalized spacial score (nSPS) is 16.8. The molecule has 0 unspecified atom stereocenters. The van der Waals surface area contributed by atoms with Crippen molar-refractivity contribution in [2.24, 2.45) is 4.99 Å². The summed E-state index contributed by atoms with van der Waals surface area (Å²) < 4.78 is 36.8. The monoisotopic (exact) mass is 492 g/mol. The quantitative estimate of drug-likeness (QED) is 0.220. The lowest BCUT2D eigenvalue weighted by Gasteiger charge is -2.35. The van der Waals surface area contributed by atoms with Crippen LogP contribution in [-0.4, -0.2) is 95.0 Å². The van der Waals surface area contributed by atoms with E-state index in [4.69, 9.17) is 9.47 Å². The van der Waals surface area contributed by atoms with Crippen molar-refractivity contribution in [3.63, 3.8) is 0 Å². The van der Waals surface area contributed by atoms with Gasteiger partial charge in [-0.15, -0.1) is 24.0 Å². The molecule has 25 heavy (non-hydrogen) atoms. The molecule has 1 saturated heterocycles. The lowest BCUT2D eigenvalue weighted by molar-refractivity contribution is 0.0904. The Hall–Kier alpha value is -0.170. The van der Waals surface area contributed by atoms with E-state index in [1.165, 1.54) is 0 Å². The number of guanidine groups is 1. The minimum absolute atomic E-state index is 0. The van der Waals surface area contributed by atoms with E-state index in [0.29, 0.717) is 45.9 Å². The number of hydrogen-bond donors (Lipinski definition) is 1. The van der Waals surface area contributed by atoms with Gasteiger partial charge in [-0.05, 0) is 20.8 Å². The van der Waals surface area contributed by atoms with Crippen LogP contribution in [0.1, 0.15) is 20.8 Å². The number of piperazine rings is 1. The van der Waals surface area contributed by atoms with Crippen LogP contribution in [0.2, 0.25) is 0 Å². The fourth-order valence-electron chi connectivity index (χ4n) is 2.41. The van der Waals surface area contributed by atoms with Crippen LogP contribution in [0.25, 0.3) is 0 Å². The predicted octanol–water partition coefficient (Wildman–Crippen LogP) is 0.589. The zero-order valence-corrected chi connectivity index (χ0v) is 18.9. The van der Waals surface area contributed by atoms with Gasteiger partial charge in [-0.3, -0.25) is 4.99 Å². The van der Waals surface area contributed by atoms with Crippen LogP contribution in [-0.2, 0) is 19.5 Å². The van der Waals surface area contributed by atoms with Gasteiger partial charge in [0.1, 0.15) is 0 Å². The fraction of sp³-hybridized carbons (Fsp3) is 0.933. The lowest BCUT2D eigenvalue weighted by Crippen LogP contribution is -2.54. The third kappa shape index (κ3) is 9.36. The summed E-state index contributed by atoms with van der Waals surface area (Å²) in [4.78, 5) is 6.33. The van der Waals surface area contributed by atoms with Crippen molar-refractivity contribution in [3.05, 3.63) is 0 Å². The average molecular weight is 492 g/mol. The van der Waals surface area contributed by atoms with Crippen LogP contribution in [0, 0.1) is 0 Å². The summed E-state index contributed by atoms with van der Waals surface area (Å²) in [5.74, 6) is 0.821. The third-order valence-corrected chi connectivity index (χ3v) is 5.50. The first kappa shape index (κ1) is 24.8. The first-order valence-corrected chi connectivity index (χ1v) is 10.1. The van der Waals surface area contributed by atoms with Crippen LogP contribution in [0.5, 0.6) is 0 Å². The van der Waals surface area contributed by atoms with E-state index in [9.17, 15) is 8.42 Å². The van der Waals surface area contributed by atoms with Crippen molar-refractivity contribution in [2.75, 3.05) is 65.3 Å². The van der Waals surface area contributed by atoms with Gasteiger partial charge in [-0.1, -0.05) is 0 Å². The van der Waals surface area contributed by atoms with Gasteiger partial charge < -0.3 is 19.7 Å². The van der Waals surface area contributed by atoms with E-state index in [1.54, 1.807) is 11.4 Å². The highest BCUT2D eigenvalue weighted by atomic mass is 127. The van der Waals surface area contributed by atoms with Crippen molar-refractivity contribution in [1.82, 2.24) is 14.5 Å². The second-order valence-corrected chi connectivity index (χ2v) is 7.88. The van der Waals surface area contributed by atoms with Gasteiger partial charge in [0, 0.05) is 46.4 Å². The molecule has 1 rings (SSSR count). The van der Waals surface area contributed by atoms with Crippen LogP contribution in [0.15, 0.2) is 4.99 Å². The molecule has 0 aromatic heterocycles. The fourth-order valence-corrected chi connectivity index (χ4v) is 3.69. The summed E-state index contributed by atoms with van der Waals surface area (Å²) in [7, 11) is -1.53. The Bertz CT molecular complexity index is 480. The van der Waals surface area contributed by atoms with Gasteiger partial charge in [0.05, 0.1) is 25.1 Å². The Morgan fingerprint density at radius 1 is 1.20 bits per heavy atom. The van der Waals surface area contributed by atoms with Crippen LogP contribution < -0.4 is 5.32 Å². The molecule has 0 amide bonds. The molecule has 1 heterocycles. The summed E-state index contributed by atoms with van der Waals surface area (Å²) >= 11 is 0. The molecule has 8 nitrogen and oxygen atoms in total. The van der Waals surface area contributed by atoms with Gasteiger partial charge in [0.15, 0.2) is 5.96 Å². The Kier molecular flexibility index (Phi) is 13.0. The number of aliphatic imine (C=N–C) groups is 1. The summed E-state index contributed by atoms with van der Waals surface area (Å²) in [6.45, 7) is 10.2. The Labute approximate surface area is 169 Å². The molecule has 1 fully saturated rings. The van der Waals surface area contributed by atoms with Crippen molar-refractivity contribution in [1.29, 1.82) is 0 Å². The first-order valence-electron chi connectivity index (χ1n) is 8.53. The number of hydrogen-bond acceptors (Lipinski definition) is 5. The number of nitrogens with zero attached hydrogens (tertiary/aromatic N) is 3. The number of nitrogens with one attached hydrogen (secondary N) is 1. The van der Waals surface area contributed by atoms with E-state index < -0.39 is 10.0 Å². The van der Waals surface area contributed by atoms with E-state index in [0.717, 1.165) is 5.96 Å². The maximum Gasteiger partial charge on any atom is 0.216 e. The van der Waals surface area contributed by atoms with Crippen LogP contribution in [0.4, 0.5) is 0 Å². The maximum atomic E-state index is 12.3. The molecular weight excluding hydrogens is 459 g/mol. The van der Waals surface area contributed by atoms with E-state index in [2.05, 4.69) is 15.2 Å². The number of ether oxygens (including phenoxy) is 2. The van der Waals surface area contributed by atoms with Crippen LogP contribution >= 0.6 is 24.0 Å². The Balaban J connectivity index is 0.00000576. The highest BCUT2D eigenvalue weighted by molar-refractivity contribution is 14.0. The zero-order chi connectivity index (χ0) is 18.0.